The van der Waals surface area contributed by atoms with Gasteiger partial charge in [0.15, 0.2) is 0 Å². The van der Waals surface area contributed by atoms with E-state index in [1.165, 1.54) is 0 Å². The summed E-state index contributed by atoms with van der Waals surface area (Å²) in [6.07, 6.45) is 5.22. The Balaban J connectivity index is 2.34. The number of carbonyl (C=O) groups is 2. The second-order valence-electron chi connectivity index (χ2n) is 5.48. The van der Waals surface area contributed by atoms with Gasteiger partial charge in [0, 0.05) is 11.4 Å². The number of likely N-dealkylation sites (N-methyl/N-ethyl adjacent to an activating group) is 1. The summed E-state index contributed by atoms with van der Waals surface area (Å²) in [6, 6.07) is 7.68. The Hall–Kier alpha value is -1.53. The topological polar surface area (TPSA) is 61.4 Å². The fourth-order valence-corrected chi connectivity index (χ4v) is 2.70. The van der Waals surface area contributed by atoms with E-state index in [0.717, 1.165) is 29.8 Å². The van der Waals surface area contributed by atoms with Gasteiger partial charge in [0.25, 0.3) is 0 Å². The van der Waals surface area contributed by atoms with E-state index in [0.29, 0.717) is 6.54 Å². The first kappa shape index (κ1) is 19.5. The highest BCUT2D eigenvalue weighted by Gasteiger charge is 2.11. The Morgan fingerprint density at radius 2 is 1.83 bits per heavy atom. The van der Waals surface area contributed by atoms with Crippen LogP contribution in [0.25, 0.3) is 0 Å². The van der Waals surface area contributed by atoms with Crippen LogP contribution in [-0.4, -0.2) is 49.7 Å². The number of benzene rings is 1. The maximum absolute atomic E-state index is 12.1. The largest absolute Gasteiger partial charge is 0.355 e. The molecule has 6 heteroatoms. The molecule has 1 aromatic rings. The molecule has 0 saturated carbocycles. The van der Waals surface area contributed by atoms with Crippen LogP contribution in [-0.2, 0) is 9.59 Å². The van der Waals surface area contributed by atoms with Crippen molar-refractivity contribution in [1.29, 1.82) is 0 Å². The molecule has 0 heterocycles. The van der Waals surface area contributed by atoms with E-state index >= 15 is 0 Å². The lowest BCUT2D eigenvalue weighted by atomic mass is 10.2. The van der Waals surface area contributed by atoms with Gasteiger partial charge < -0.3 is 10.6 Å². The zero-order valence-electron chi connectivity index (χ0n) is 14.2. The van der Waals surface area contributed by atoms with Crippen molar-refractivity contribution in [2.24, 2.45) is 0 Å². The average Bonchev–Trinajstić information content (AvgIpc) is 2.51. The lowest BCUT2D eigenvalue weighted by molar-refractivity contribution is -0.122. The third-order valence-electron chi connectivity index (χ3n) is 3.31. The summed E-state index contributed by atoms with van der Waals surface area (Å²) in [4.78, 5) is 26.6. The fraction of sp³-hybridized carbons (Fsp3) is 0.529. The number of nitrogens with one attached hydrogen (secondary N) is 2. The molecule has 23 heavy (non-hydrogen) atoms. The van der Waals surface area contributed by atoms with Crippen LogP contribution in [0.2, 0.25) is 0 Å². The third kappa shape index (κ3) is 8.04. The van der Waals surface area contributed by atoms with Gasteiger partial charge in [-0.2, -0.15) is 0 Å². The van der Waals surface area contributed by atoms with Crippen molar-refractivity contribution in [3.63, 3.8) is 0 Å². The Labute approximate surface area is 143 Å². The molecule has 0 unspecified atom stereocenters. The van der Waals surface area contributed by atoms with Gasteiger partial charge in [0.05, 0.1) is 18.8 Å². The summed E-state index contributed by atoms with van der Waals surface area (Å²) in [5.41, 5.74) is 0.808. The molecule has 0 aliphatic carbocycles. The van der Waals surface area contributed by atoms with Crippen LogP contribution in [0.4, 0.5) is 5.69 Å². The van der Waals surface area contributed by atoms with Crippen LogP contribution in [0.3, 0.4) is 0 Å². The minimum Gasteiger partial charge on any atom is -0.355 e. The molecular weight excluding hydrogens is 310 g/mol. The highest BCUT2D eigenvalue weighted by Crippen LogP contribution is 2.24. The maximum atomic E-state index is 12.1. The minimum atomic E-state index is -0.118. The van der Waals surface area contributed by atoms with Crippen molar-refractivity contribution in [2.45, 2.75) is 31.1 Å². The maximum Gasteiger partial charge on any atom is 0.238 e. The number of unbranched alkanes of at least 4 members (excludes halogenated alkanes) is 2. The number of anilines is 1. The van der Waals surface area contributed by atoms with Crippen molar-refractivity contribution >= 4 is 29.3 Å². The van der Waals surface area contributed by atoms with Crippen LogP contribution in [0, 0.1) is 0 Å². The summed E-state index contributed by atoms with van der Waals surface area (Å²) < 4.78 is 0. The second-order valence-corrected chi connectivity index (χ2v) is 6.33. The van der Waals surface area contributed by atoms with E-state index in [1.807, 2.05) is 30.5 Å². The molecule has 0 fully saturated rings. The van der Waals surface area contributed by atoms with Gasteiger partial charge in [0.2, 0.25) is 11.8 Å². The van der Waals surface area contributed by atoms with E-state index in [-0.39, 0.29) is 24.9 Å². The first-order chi connectivity index (χ1) is 11.1. The lowest BCUT2D eigenvalue weighted by Crippen LogP contribution is -2.39. The Morgan fingerprint density at radius 1 is 1.13 bits per heavy atom. The highest BCUT2D eigenvalue weighted by atomic mass is 32.2. The van der Waals surface area contributed by atoms with Crippen LogP contribution in [0.15, 0.2) is 29.2 Å². The first-order valence-electron chi connectivity index (χ1n) is 7.95. The van der Waals surface area contributed by atoms with E-state index < -0.39 is 0 Å². The monoisotopic (exact) mass is 337 g/mol. The van der Waals surface area contributed by atoms with E-state index in [2.05, 4.69) is 17.6 Å². The first-order valence-corrected chi connectivity index (χ1v) is 9.17. The smallest absolute Gasteiger partial charge is 0.238 e. The van der Waals surface area contributed by atoms with Gasteiger partial charge in [-0.05, 0) is 31.9 Å². The fourth-order valence-electron chi connectivity index (χ4n) is 2.14. The lowest BCUT2D eigenvalue weighted by Gasteiger charge is -2.16. The van der Waals surface area contributed by atoms with Crippen LogP contribution < -0.4 is 10.6 Å². The second kappa shape index (κ2) is 11.1. The number of hydrogen-bond donors (Lipinski definition) is 2. The van der Waals surface area contributed by atoms with E-state index in [4.69, 9.17) is 0 Å². The Bertz CT molecular complexity index is 508. The Morgan fingerprint density at radius 3 is 2.52 bits per heavy atom. The molecule has 0 atom stereocenters. The molecule has 0 aliphatic heterocycles. The number of para-hydroxylation sites is 1. The molecular formula is C17H27N3O2S. The summed E-state index contributed by atoms with van der Waals surface area (Å²) in [5.74, 6) is -0.159. The number of nitrogens with zero attached hydrogens (tertiary/aromatic N) is 1. The summed E-state index contributed by atoms with van der Waals surface area (Å²) in [7, 11) is 1.77. The van der Waals surface area contributed by atoms with E-state index in [1.54, 1.807) is 23.7 Å². The van der Waals surface area contributed by atoms with Crippen molar-refractivity contribution in [3.8, 4) is 0 Å². The van der Waals surface area contributed by atoms with Gasteiger partial charge in [-0.1, -0.05) is 31.9 Å². The minimum absolute atomic E-state index is 0.0408. The number of thioether (sulfide) groups is 1. The van der Waals surface area contributed by atoms with Gasteiger partial charge in [0.1, 0.15) is 0 Å². The number of rotatable bonds is 10. The number of carbonyl (C=O) groups excluding carboxylic acids is 2. The van der Waals surface area contributed by atoms with Crippen LogP contribution in [0.5, 0.6) is 0 Å². The molecule has 2 amide bonds. The SMILES string of the molecule is CCCCCNC(=O)CN(C)CC(=O)Nc1ccccc1SC. The molecule has 0 bridgehead atoms. The molecule has 0 aliphatic rings. The zero-order valence-corrected chi connectivity index (χ0v) is 15.0. The highest BCUT2D eigenvalue weighted by molar-refractivity contribution is 7.98. The molecule has 1 aromatic carbocycles. The summed E-state index contributed by atoms with van der Waals surface area (Å²) in [5, 5.41) is 5.77. The third-order valence-corrected chi connectivity index (χ3v) is 4.11. The standard InChI is InChI=1S/C17H27N3O2S/c1-4-5-8-11-18-16(21)12-20(2)13-17(22)19-14-9-6-7-10-15(14)23-3/h6-7,9-10H,4-5,8,11-13H2,1-3H3,(H,18,21)(H,19,22). The van der Waals surface area contributed by atoms with Crippen molar-refractivity contribution in [3.05, 3.63) is 24.3 Å². The normalized spacial score (nSPS) is 10.6. The molecule has 0 radical (unpaired) electrons. The van der Waals surface area contributed by atoms with Gasteiger partial charge in [-0.15, -0.1) is 11.8 Å². The predicted molar refractivity (Wildman–Crippen MR) is 96.9 cm³/mol. The van der Waals surface area contributed by atoms with Crippen LogP contribution >= 0.6 is 11.8 Å². The Kier molecular flexibility index (Phi) is 9.40. The van der Waals surface area contributed by atoms with E-state index in [9.17, 15) is 9.59 Å². The molecule has 2 N–H and O–H groups in total. The predicted octanol–water partition coefficient (Wildman–Crippen LogP) is 2.59. The van der Waals surface area contributed by atoms with Gasteiger partial charge in [-0.3, -0.25) is 14.5 Å². The molecule has 1 rings (SSSR count). The molecule has 0 saturated heterocycles. The zero-order chi connectivity index (χ0) is 17.1. The number of hydrogen-bond acceptors (Lipinski definition) is 4. The summed E-state index contributed by atoms with van der Waals surface area (Å²) in [6.45, 7) is 3.24. The molecule has 0 spiro atoms. The molecule has 0 aromatic heterocycles. The van der Waals surface area contributed by atoms with Crippen molar-refractivity contribution < 1.29 is 9.59 Å². The van der Waals surface area contributed by atoms with Crippen LogP contribution in [0.1, 0.15) is 26.2 Å². The number of amides is 2. The quantitative estimate of drug-likeness (QED) is 0.509. The molecule has 128 valence electrons. The van der Waals surface area contributed by atoms with Crippen molar-refractivity contribution in [2.75, 3.05) is 38.3 Å². The summed E-state index contributed by atoms with van der Waals surface area (Å²) >= 11 is 1.59. The van der Waals surface area contributed by atoms with Gasteiger partial charge >= 0.3 is 0 Å². The average molecular weight is 337 g/mol. The molecule has 5 nitrogen and oxygen atoms in total. The van der Waals surface area contributed by atoms with Crippen molar-refractivity contribution in [1.82, 2.24) is 10.2 Å². The van der Waals surface area contributed by atoms with Gasteiger partial charge in [-0.25, -0.2) is 0 Å².